The summed E-state index contributed by atoms with van der Waals surface area (Å²) in [5.74, 6) is 1.14. The second-order valence-electron chi connectivity index (χ2n) is 4.62. The molecule has 76 valence electrons. The van der Waals surface area contributed by atoms with E-state index in [1.54, 1.807) is 0 Å². The Labute approximate surface area is 81.3 Å². The van der Waals surface area contributed by atoms with Gasteiger partial charge in [-0.3, -0.25) is 4.79 Å². The summed E-state index contributed by atoms with van der Waals surface area (Å²) >= 11 is 0. The van der Waals surface area contributed by atoms with Gasteiger partial charge in [-0.15, -0.1) is 0 Å². The van der Waals surface area contributed by atoms with Crippen LogP contribution in [-0.4, -0.2) is 23.4 Å². The van der Waals surface area contributed by atoms with Crippen molar-refractivity contribution in [1.82, 2.24) is 4.90 Å². The van der Waals surface area contributed by atoms with Crippen LogP contribution >= 0.6 is 0 Å². The van der Waals surface area contributed by atoms with Crippen LogP contribution in [0.3, 0.4) is 0 Å². The number of nitrogens with zero attached hydrogens (tertiary/aromatic N) is 1. The van der Waals surface area contributed by atoms with Gasteiger partial charge in [-0.2, -0.15) is 0 Å². The van der Waals surface area contributed by atoms with E-state index in [4.69, 9.17) is 0 Å². The highest BCUT2D eigenvalue weighted by Gasteiger charge is 2.31. The maximum atomic E-state index is 11.9. The fraction of sp³-hybridized carbons (Fsp3) is 0.909. The van der Waals surface area contributed by atoms with Gasteiger partial charge in [0, 0.05) is 18.5 Å². The zero-order valence-corrected chi connectivity index (χ0v) is 9.21. The average Bonchev–Trinajstić information content (AvgIpc) is 2.03. The Morgan fingerprint density at radius 2 is 1.92 bits per heavy atom. The van der Waals surface area contributed by atoms with Crippen LogP contribution in [0.4, 0.5) is 0 Å². The topological polar surface area (TPSA) is 20.3 Å². The monoisotopic (exact) mass is 183 g/mol. The number of carbonyl (C=O) groups is 1. The summed E-state index contributed by atoms with van der Waals surface area (Å²) in [5, 5.41) is 0. The lowest BCUT2D eigenvalue weighted by Gasteiger charge is -2.36. The predicted molar refractivity (Wildman–Crippen MR) is 54.4 cm³/mol. The first-order chi connectivity index (χ1) is 6.04. The summed E-state index contributed by atoms with van der Waals surface area (Å²) in [4.78, 5) is 14.0. The molecular weight excluding hydrogens is 162 g/mol. The lowest BCUT2D eigenvalue weighted by atomic mass is 9.86. The van der Waals surface area contributed by atoms with Crippen molar-refractivity contribution in [3.8, 4) is 0 Å². The molecule has 2 heteroatoms. The maximum absolute atomic E-state index is 11.9. The van der Waals surface area contributed by atoms with Crippen LogP contribution in [-0.2, 0) is 4.79 Å². The van der Waals surface area contributed by atoms with Crippen LogP contribution in [0.5, 0.6) is 0 Å². The van der Waals surface area contributed by atoms with Crippen molar-refractivity contribution >= 4 is 5.91 Å². The molecule has 1 heterocycles. The van der Waals surface area contributed by atoms with Crippen LogP contribution in [0.1, 0.15) is 40.5 Å². The Bertz CT molecular complexity index is 169. The molecule has 0 aromatic carbocycles. The average molecular weight is 183 g/mol. The zero-order valence-electron chi connectivity index (χ0n) is 9.21. The summed E-state index contributed by atoms with van der Waals surface area (Å²) in [6.45, 7) is 9.44. The molecule has 1 rings (SSSR count). The molecular formula is C11H21NO. The first-order valence-corrected chi connectivity index (χ1v) is 5.34. The van der Waals surface area contributed by atoms with Gasteiger partial charge in [0.15, 0.2) is 0 Å². The van der Waals surface area contributed by atoms with E-state index in [-0.39, 0.29) is 5.92 Å². The fourth-order valence-electron chi connectivity index (χ4n) is 2.06. The van der Waals surface area contributed by atoms with Crippen molar-refractivity contribution in [3.05, 3.63) is 0 Å². The molecule has 1 atom stereocenters. The molecule has 13 heavy (non-hydrogen) atoms. The van der Waals surface area contributed by atoms with Gasteiger partial charge in [0.2, 0.25) is 5.91 Å². The third-order valence-electron chi connectivity index (χ3n) is 2.94. The van der Waals surface area contributed by atoms with Crippen LogP contribution in [0, 0.1) is 11.8 Å². The minimum atomic E-state index is 0.274. The second kappa shape index (κ2) is 4.12. The van der Waals surface area contributed by atoms with Gasteiger partial charge >= 0.3 is 0 Å². The third-order valence-corrected chi connectivity index (χ3v) is 2.94. The molecule has 0 aliphatic carbocycles. The number of hydrogen-bond donors (Lipinski definition) is 0. The van der Waals surface area contributed by atoms with Gasteiger partial charge < -0.3 is 4.90 Å². The van der Waals surface area contributed by atoms with E-state index >= 15 is 0 Å². The van der Waals surface area contributed by atoms with Crippen LogP contribution in [0.25, 0.3) is 0 Å². The Balaban J connectivity index is 2.66. The van der Waals surface area contributed by atoms with Crippen molar-refractivity contribution in [2.75, 3.05) is 6.54 Å². The number of piperidine rings is 1. The summed E-state index contributed by atoms with van der Waals surface area (Å²) in [7, 11) is 0. The first-order valence-electron chi connectivity index (χ1n) is 5.34. The van der Waals surface area contributed by atoms with Gasteiger partial charge in [0.05, 0.1) is 0 Å². The van der Waals surface area contributed by atoms with Crippen molar-refractivity contribution in [3.63, 3.8) is 0 Å². The molecule has 0 bridgehead atoms. The van der Waals surface area contributed by atoms with E-state index < -0.39 is 0 Å². The summed E-state index contributed by atoms with van der Waals surface area (Å²) < 4.78 is 0. The molecule has 2 nitrogen and oxygen atoms in total. The third kappa shape index (κ3) is 2.23. The largest absolute Gasteiger partial charge is 0.340 e. The molecule has 0 aromatic rings. The van der Waals surface area contributed by atoms with Crippen molar-refractivity contribution in [2.45, 2.75) is 46.6 Å². The van der Waals surface area contributed by atoms with Gasteiger partial charge in [0.1, 0.15) is 0 Å². The number of amides is 1. The van der Waals surface area contributed by atoms with Crippen LogP contribution < -0.4 is 0 Å². The molecule has 0 saturated carbocycles. The van der Waals surface area contributed by atoms with Gasteiger partial charge in [-0.05, 0) is 32.6 Å². The van der Waals surface area contributed by atoms with E-state index in [1.165, 1.54) is 6.42 Å². The Morgan fingerprint density at radius 3 is 2.38 bits per heavy atom. The van der Waals surface area contributed by atoms with E-state index in [1.807, 2.05) is 4.90 Å². The molecule has 1 amide bonds. The van der Waals surface area contributed by atoms with E-state index in [0.29, 0.717) is 17.9 Å². The molecule has 1 fully saturated rings. The minimum Gasteiger partial charge on any atom is -0.340 e. The smallest absolute Gasteiger partial charge is 0.226 e. The second-order valence-corrected chi connectivity index (χ2v) is 4.62. The normalized spacial score (nSPS) is 24.6. The molecule has 0 radical (unpaired) electrons. The van der Waals surface area contributed by atoms with E-state index in [0.717, 1.165) is 13.0 Å². The van der Waals surface area contributed by atoms with E-state index in [2.05, 4.69) is 27.7 Å². The van der Waals surface area contributed by atoms with Crippen molar-refractivity contribution in [1.29, 1.82) is 0 Å². The zero-order chi connectivity index (χ0) is 10.0. The highest BCUT2D eigenvalue weighted by Crippen LogP contribution is 2.25. The molecule has 0 unspecified atom stereocenters. The first kappa shape index (κ1) is 10.6. The lowest BCUT2D eigenvalue weighted by molar-refractivity contribution is -0.142. The summed E-state index contributed by atoms with van der Waals surface area (Å²) in [5.41, 5.74) is 0. The molecule has 1 aliphatic rings. The Morgan fingerprint density at radius 1 is 1.31 bits per heavy atom. The lowest BCUT2D eigenvalue weighted by Crippen LogP contribution is -2.46. The molecule has 0 aromatic heterocycles. The maximum Gasteiger partial charge on any atom is 0.226 e. The molecule has 1 saturated heterocycles. The van der Waals surface area contributed by atoms with Gasteiger partial charge in [0.25, 0.3) is 0 Å². The van der Waals surface area contributed by atoms with Crippen LogP contribution in [0.15, 0.2) is 0 Å². The Hall–Kier alpha value is -0.530. The summed E-state index contributed by atoms with van der Waals surface area (Å²) in [6, 6.07) is 0.369. The van der Waals surface area contributed by atoms with Gasteiger partial charge in [-0.25, -0.2) is 0 Å². The standard InChI is InChI=1S/C11H21NO/c1-8(2)10-6-5-7-12(9(3)4)11(10)13/h8-10H,5-7H2,1-4H3/t10-/m1/s1. The number of hydrogen-bond acceptors (Lipinski definition) is 1. The highest BCUT2D eigenvalue weighted by molar-refractivity contribution is 5.80. The quantitative estimate of drug-likeness (QED) is 0.643. The fourth-order valence-corrected chi connectivity index (χ4v) is 2.06. The molecule has 0 spiro atoms. The van der Waals surface area contributed by atoms with Crippen molar-refractivity contribution in [2.24, 2.45) is 11.8 Å². The van der Waals surface area contributed by atoms with Gasteiger partial charge in [-0.1, -0.05) is 13.8 Å². The molecule has 1 aliphatic heterocycles. The van der Waals surface area contributed by atoms with Crippen molar-refractivity contribution < 1.29 is 4.79 Å². The summed E-state index contributed by atoms with van der Waals surface area (Å²) in [6.07, 6.45) is 2.26. The van der Waals surface area contributed by atoms with E-state index in [9.17, 15) is 4.79 Å². The SMILES string of the molecule is CC(C)[C@H]1CCCN(C(C)C)C1=O. The number of likely N-dealkylation sites (tertiary alicyclic amines) is 1. The highest BCUT2D eigenvalue weighted by atomic mass is 16.2. The Kier molecular flexibility index (Phi) is 3.34. The number of carbonyl (C=O) groups excluding carboxylic acids is 1. The predicted octanol–water partition coefficient (Wildman–Crippen LogP) is 2.29. The molecule has 0 N–H and O–H groups in total. The van der Waals surface area contributed by atoms with Crippen LogP contribution in [0.2, 0.25) is 0 Å². The minimum absolute atomic E-state index is 0.274. The number of rotatable bonds is 2.